The van der Waals surface area contributed by atoms with E-state index in [-0.39, 0.29) is 12.5 Å². The van der Waals surface area contributed by atoms with E-state index in [9.17, 15) is 9.59 Å². The average Bonchev–Trinajstić information content (AvgIpc) is 2.24. The van der Waals surface area contributed by atoms with E-state index in [1.54, 1.807) is 12.2 Å². The molecule has 90 valence electrons. The Kier molecular flexibility index (Phi) is 6.87. The number of hydrogen-bond donors (Lipinski definition) is 2. The van der Waals surface area contributed by atoms with Crippen LogP contribution in [0.5, 0.6) is 0 Å². The first kappa shape index (κ1) is 14.4. The van der Waals surface area contributed by atoms with Gasteiger partial charge in [-0.15, -0.1) is 13.2 Å². The van der Waals surface area contributed by atoms with E-state index >= 15 is 0 Å². The number of amides is 1. The molecule has 0 aliphatic rings. The van der Waals surface area contributed by atoms with Crippen LogP contribution in [0.2, 0.25) is 0 Å². The molecule has 2 N–H and O–H groups in total. The SMILES string of the molecule is C=CCN(CC=C)C(=O)CN[C@H](C)C(=O)O. The van der Waals surface area contributed by atoms with E-state index in [4.69, 9.17) is 5.11 Å². The lowest BCUT2D eigenvalue weighted by atomic mass is 10.3. The molecule has 0 aromatic rings. The largest absolute Gasteiger partial charge is 0.480 e. The van der Waals surface area contributed by atoms with E-state index < -0.39 is 12.0 Å². The van der Waals surface area contributed by atoms with Crippen LogP contribution in [-0.4, -0.2) is 47.6 Å². The number of nitrogens with zero attached hydrogens (tertiary/aromatic N) is 1. The molecule has 0 unspecified atom stereocenters. The molecule has 0 aliphatic carbocycles. The molecule has 5 nitrogen and oxygen atoms in total. The summed E-state index contributed by atoms with van der Waals surface area (Å²) < 4.78 is 0. The van der Waals surface area contributed by atoms with Gasteiger partial charge in [0, 0.05) is 13.1 Å². The summed E-state index contributed by atoms with van der Waals surface area (Å²) in [4.78, 5) is 23.7. The van der Waals surface area contributed by atoms with Crippen LogP contribution in [0.25, 0.3) is 0 Å². The zero-order valence-electron chi connectivity index (χ0n) is 9.48. The molecule has 5 heteroatoms. The minimum Gasteiger partial charge on any atom is -0.480 e. The van der Waals surface area contributed by atoms with Crippen molar-refractivity contribution in [3.05, 3.63) is 25.3 Å². The third-order valence-electron chi connectivity index (χ3n) is 1.98. The van der Waals surface area contributed by atoms with Gasteiger partial charge in [-0.05, 0) is 6.92 Å². The van der Waals surface area contributed by atoms with E-state index in [2.05, 4.69) is 18.5 Å². The number of carboxylic acid groups (broad SMARTS) is 1. The normalized spacial score (nSPS) is 11.6. The minimum atomic E-state index is -0.980. The van der Waals surface area contributed by atoms with Crippen LogP contribution in [0.3, 0.4) is 0 Å². The standard InChI is InChI=1S/C11H18N2O3/c1-4-6-13(7-5-2)10(14)8-12-9(3)11(15)16/h4-5,9,12H,1-2,6-8H2,3H3,(H,15,16)/t9-/m1/s1. The molecule has 0 heterocycles. The first-order valence-corrected chi connectivity index (χ1v) is 4.98. The van der Waals surface area contributed by atoms with E-state index in [0.717, 1.165) is 0 Å². The molecular weight excluding hydrogens is 208 g/mol. The molecule has 16 heavy (non-hydrogen) atoms. The van der Waals surface area contributed by atoms with Gasteiger partial charge in [-0.3, -0.25) is 14.9 Å². The second kappa shape index (κ2) is 7.64. The Balaban J connectivity index is 4.14. The topological polar surface area (TPSA) is 69.6 Å². The van der Waals surface area contributed by atoms with Crippen LogP contribution in [0, 0.1) is 0 Å². The summed E-state index contributed by atoms with van der Waals surface area (Å²) in [5, 5.41) is 11.2. The van der Waals surface area contributed by atoms with Crippen molar-refractivity contribution in [1.29, 1.82) is 0 Å². The van der Waals surface area contributed by atoms with Gasteiger partial charge >= 0.3 is 5.97 Å². The first-order valence-electron chi connectivity index (χ1n) is 4.98. The summed E-state index contributed by atoms with van der Waals surface area (Å²) in [5.41, 5.74) is 0. The highest BCUT2D eigenvalue weighted by Crippen LogP contribution is 1.91. The molecule has 1 atom stereocenters. The fourth-order valence-electron chi connectivity index (χ4n) is 1.03. The van der Waals surface area contributed by atoms with Crippen LogP contribution in [0.1, 0.15) is 6.92 Å². The quantitative estimate of drug-likeness (QED) is 0.582. The van der Waals surface area contributed by atoms with Crippen LogP contribution in [-0.2, 0) is 9.59 Å². The van der Waals surface area contributed by atoms with Gasteiger partial charge in [0.1, 0.15) is 6.04 Å². The van der Waals surface area contributed by atoms with Crippen LogP contribution < -0.4 is 5.32 Å². The van der Waals surface area contributed by atoms with Crippen LogP contribution in [0.4, 0.5) is 0 Å². The number of rotatable bonds is 8. The van der Waals surface area contributed by atoms with E-state index in [0.29, 0.717) is 13.1 Å². The summed E-state index contributed by atoms with van der Waals surface area (Å²) in [5.74, 6) is -1.15. The molecule has 0 aliphatic heterocycles. The minimum absolute atomic E-state index is 0.00481. The fraction of sp³-hybridized carbons (Fsp3) is 0.455. The van der Waals surface area contributed by atoms with Gasteiger partial charge in [-0.25, -0.2) is 0 Å². The molecule has 0 rings (SSSR count). The van der Waals surface area contributed by atoms with Crippen molar-refractivity contribution in [3.63, 3.8) is 0 Å². The predicted molar refractivity (Wildman–Crippen MR) is 62.1 cm³/mol. The highest BCUT2D eigenvalue weighted by molar-refractivity contribution is 5.80. The van der Waals surface area contributed by atoms with E-state index in [1.807, 2.05) is 0 Å². The van der Waals surface area contributed by atoms with Gasteiger partial charge in [0.2, 0.25) is 5.91 Å². The smallest absolute Gasteiger partial charge is 0.320 e. The van der Waals surface area contributed by atoms with Crippen molar-refractivity contribution in [2.45, 2.75) is 13.0 Å². The van der Waals surface area contributed by atoms with Crippen molar-refractivity contribution in [1.82, 2.24) is 10.2 Å². The van der Waals surface area contributed by atoms with Crippen molar-refractivity contribution >= 4 is 11.9 Å². The molecule has 0 fully saturated rings. The van der Waals surface area contributed by atoms with E-state index in [1.165, 1.54) is 11.8 Å². The predicted octanol–water partition coefficient (Wildman–Crippen LogP) is 0.250. The zero-order chi connectivity index (χ0) is 12.6. The first-order chi connectivity index (χ1) is 7.52. The number of hydrogen-bond acceptors (Lipinski definition) is 3. The maximum Gasteiger partial charge on any atom is 0.320 e. The maximum atomic E-state index is 11.6. The summed E-state index contributed by atoms with van der Waals surface area (Å²) in [6.45, 7) is 9.42. The summed E-state index contributed by atoms with van der Waals surface area (Å²) in [7, 11) is 0. The Morgan fingerprint density at radius 3 is 2.25 bits per heavy atom. The molecule has 0 aromatic heterocycles. The number of nitrogens with one attached hydrogen (secondary N) is 1. The molecular formula is C11H18N2O3. The lowest BCUT2D eigenvalue weighted by Crippen LogP contribution is -2.43. The molecule has 0 spiro atoms. The molecule has 0 radical (unpaired) electrons. The lowest BCUT2D eigenvalue weighted by Gasteiger charge is -2.20. The Morgan fingerprint density at radius 2 is 1.88 bits per heavy atom. The Hall–Kier alpha value is -1.62. The van der Waals surface area contributed by atoms with Crippen molar-refractivity contribution in [3.8, 4) is 0 Å². The molecule has 0 aromatic carbocycles. The maximum absolute atomic E-state index is 11.6. The fourth-order valence-corrected chi connectivity index (χ4v) is 1.03. The summed E-state index contributed by atoms with van der Waals surface area (Å²) in [6, 6.07) is -0.738. The Bertz CT molecular complexity index is 266. The van der Waals surface area contributed by atoms with Gasteiger partial charge in [0.15, 0.2) is 0 Å². The zero-order valence-corrected chi connectivity index (χ0v) is 9.48. The second-order valence-electron chi connectivity index (χ2n) is 3.32. The van der Waals surface area contributed by atoms with Gasteiger partial charge in [-0.2, -0.15) is 0 Å². The third-order valence-corrected chi connectivity index (χ3v) is 1.98. The molecule has 1 amide bonds. The van der Waals surface area contributed by atoms with Crippen LogP contribution >= 0.6 is 0 Å². The summed E-state index contributed by atoms with van der Waals surface area (Å²) in [6.07, 6.45) is 3.23. The van der Waals surface area contributed by atoms with Gasteiger partial charge in [0.25, 0.3) is 0 Å². The molecule has 0 saturated carbocycles. The van der Waals surface area contributed by atoms with Crippen molar-refractivity contribution < 1.29 is 14.7 Å². The van der Waals surface area contributed by atoms with Crippen molar-refractivity contribution in [2.75, 3.05) is 19.6 Å². The number of carboxylic acids is 1. The number of carbonyl (C=O) groups excluding carboxylic acids is 1. The highest BCUT2D eigenvalue weighted by atomic mass is 16.4. The van der Waals surface area contributed by atoms with Crippen molar-refractivity contribution in [2.24, 2.45) is 0 Å². The second-order valence-corrected chi connectivity index (χ2v) is 3.32. The molecule has 0 bridgehead atoms. The van der Waals surface area contributed by atoms with Crippen LogP contribution in [0.15, 0.2) is 25.3 Å². The third kappa shape index (κ3) is 5.31. The summed E-state index contributed by atoms with van der Waals surface area (Å²) >= 11 is 0. The van der Waals surface area contributed by atoms with Gasteiger partial charge < -0.3 is 10.0 Å². The molecule has 0 saturated heterocycles. The monoisotopic (exact) mass is 226 g/mol. The average molecular weight is 226 g/mol. The Labute approximate surface area is 95.4 Å². The number of carbonyl (C=O) groups is 2. The highest BCUT2D eigenvalue weighted by Gasteiger charge is 2.14. The lowest BCUT2D eigenvalue weighted by molar-refractivity contribution is -0.139. The number of aliphatic carboxylic acids is 1. The van der Waals surface area contributed by atoms with Gasteiger partial charge in [0.05, 0.1) is 6.54 Å². The Morgan fingerprint density at radius 1 is 1.38 bits per heavy atom. The van der Waals surface area contributed by atoms with Gasteiger partial charge in [-0.1, -0.05) is 12.2 Å².